The largest absolute Gasteiger partial charge is 0.348 e. The second kappa shape index (κ2) is 6.31. The molecule has 0 aliphatic rings. The van der Waals surface area contributed by atoms with E-state index >= 15 is 0 Å². The molecule has 3 heteroatoms. The average Bonchev–Trinajstić information content (AvgIpc) is 3.09. The Bertz CT molecular complexity index is 758. The van der Waals surface area contributed by atoms with Gasteiger partial charge >= 0.3 is 0 Å². The third kappa shape index (κ3) is 3.26. The van der Waals surface area contributed by atoms with Gasteiger partial charge in [-0.3, -0.25) is 4.79 Å². The number of carbonyl (C=O) groups is 1. The first-order valence-electron chi connectivity index (χ1n) is 7.29. The normalized spacial score (nSPS) is 10.4. The smallest absolute Gasteiger partial charge is 0.251 e. The van der Waals surface area contributed by atoms with Crippen LogP contribution in [-0.4, -0.2) is 10.5 Å². The molecule has 0 bridgehead atoms. The van der Waals surface area contributed by atoms with Gasteiger partial charge in [-0.2, -0.15) is 0 Å². The lowest BCUT2D eigenvalue weighted by molar-refractivity contribution is 0.0951. The molecule has 110 valence electrons. The SMILES string of the molecule is Cc1ccc(CNC(=O)c2cccc(-n3cccc3)c2)cc1. The van der Waals surface area contributed by atoms with Crippen LogP contribution in [0.4, 0.5) is 0 Å². The van der Waals surface area contributed by atoms with Crippen LogP contribution in [0, 0.1) is 6.92 Å². The molecule has 2 aromatic carbocycles. The van der Waals surface area contributed by atoms with E-state index in [-0.39, 0.29) is 5.91 Å². The Morgan fingerprint density at radius 2 is 1.73 bits per heavy atom. The Labute approximate surface area is 130 Å². The molecular weight excluding hydrogens is 272 g/mol. The van der Waals surface area contributed by atoms with Crippen LogP contribution in [0.2, 0.25) is 0 Å². The minimum Gasteiger partial charge on any atom is -0.348 e. The number of aromatic nitrogens is 1. The Hall–Kier alpha value is -2.81. The van der Waals surface area contributed by atoms with Crippen LogP contribution in [0.15, 0.2) is 73.1 Å². The topological polar surface area (TPSA) is 34.0 Å². The summed E-state index contributed by atoms with van der Waals surface area (Å²) in [6, 6.07) is 19.7. The number of amides is 1. The second-order valence-electron chi connectivity index (χ2n) is 5.31. The van der Waals surface area contributed by atoms with Crippen molar-refractivity contribution in [3.63, 3.8) is 0 Å². The van der Waals surface area contributed by atoms with Gasteiger partial charge in [0.2, 0.25) is 0 Å². The molecule has 0 aliphatic heterocycles. The molecule has 1 aromatic heterocycles. The summed E-state index contributed by atoms with van der Waals surface area (Å²) in [5, 5.41) is 2.96. The van der Waals surface area contributed by atoms with Crippen LogP contribution in [0.3, 0.4) is 0 Å². The molecule has 1 N–H and O–H groups in total. The van der Waals surface area contributed by atoms with Crippen molar-refractivity contribution in [2.24, 2.45) is 0 Å². The first-order valence-corrected chi connectivity index (χ1v) is 7.29. The van der Waals surface area contributed by atoms with Crippen molar-refractivity contribution in [3.8, 4) is 5.69 Å². The Morgan fingerprint density at radius 3 is 2.45 bits per heavy atom. The van der Waals surface area contributed by atoms with E-state index in [1.54, 1.807) is 0 Å². The number of hydrogen-bond donors (Lipinski definition) is 1. The Balaban J connectivity index is 1.70. The predicted octanol–water partition coefficient (Wildman–Crippen LogP) is 3.72. The minimum absolute atomic E-state index is 0.0606. The van der Waals surface area contributed by atoms with Crippen molar-refractivity contribution < 1.29 is 4.79 Å². The maximum atomic E-state index is 12.3. The van der Waals surface area contributed by atoms with Gasteiger partial charge in [-0.1, -0.05) is 35.9 Å². The summed E-state index contributed by atoms with van der Waals surface area (Å²) >= 11 is 0. The molecule has 0 aliphatic carbocycles. The van der Waals surface area contributed by atoms with Gasteiger partial charge in [-0.15, -0.1) is 0 Å². The molecule has 3 nitrogen and oxygen atoms in total. The molecular formula is C19H18N2O. The van der Waals surface area contributed by atoms with Crippen LogP contribution >= 0.6 is 0 Å². The lowest BCUT2D eigenvalue weighted by Crippen LogP contribution is -2.22. The van der Waals surface area contributed by atoms with E-state index in [4.69, 9.17) is 0 Å². The van der Waals surface area contributed by atoms with Gasteiger partial charge in [0, 0.05) is 30.2 Å². The standard InChI is InChI=1S/C19H18N2O/c1-15-7-9-16(10-8-15)14-20-19(22)17-5-4-6-18(13-17)21-11-2-3-12-21/h2-13H,14H2,1H3,(H,20,22). The number of carbonyl (C=O) groups excluding carboxylic acids is 1. The van der Waals surface area contributed by atoms with Gasteiger partial charge in [-0.05, 0) is 42.8 Å². The minimum atomic E-state index is -0.0606. The molecule has 22 heavy (non-hydrogen) atoms. The highest BCUT2D eigenvalue weighted by Crippen LogP contribution is 2.11. The summed E-state index contributed by atoms with van der Waals surface area (Å²) in [6.45, 7) is 2.59. The molecule has 0 saturated carbocycles. The maximum Gasteiger partial charge on any atom is 0.251 e. The maximum absolute atomic E-state index is 12.3. The van der Waals surface area contributed by atoms with E-state index in [2.05, 4.69) is 12.2 Å². The van der Waals surface area contributed by atoms with Crippen LogP contribution in [-0.2, 0) is 6.54 Å². The molecule has 3 rings (SSSR count). The van der Waals surface area contributed by atoms with E-state index in [0.717, 1.165) is 11.3 Å². The lowest BCUT2D eigenvalue weighted by Gasteiger charge is -2.08. The van der Waals surface area contributed by atoms with E-state index < -0.39 is 0 Å². The summed E-state index contributed by atoms with van der Waals surface area (Å²) in [5.74, 6) is -0.0606. The third-order valence-electron chi connectivity index (χ3n) is 3.58. The highest BCUT2D eigenvalue weighted by molar-refractivity contribution is 5.94. The first-order chi connectivity index (χ1) is 10.7. The highest BCUT2D eigenvalue weighted by atomic mass is 16.1. The Morgan fingerprint density at radius 1 is 1.00 bits per heavy atom. The van der Waals surface area contributed by atoms with Crippen molar-refractivity contribution in [1.29, 1.82) is 0 Å². The second-order valence-corrected chi connectivity index (χ2v) is 5.31. The van der Waals surface area contributed by atoms with E-state index in [0.29, 0.717) is 12.1 Å². The first kappa shape index (κ1) is 14.1. The van der Waals surface area contributed by atoms with Gasteiger partial charge < -0.3 is 9.88 Å². The molecule has 0 atom stereocenters. The van der Waals surface area contributed by atoms with Crippen molar-refractivity contribution in [1.82, 2.24) is 9.88 Å². The van der Waals surface area contributed by atoms with Crippen molar-refractivity contribution in [2.45, 2.75) is 13.5 Å². The fraction of sp³-hybridized carbons (Fsp3) is 0.105. The van der Waals surface area contributed by atoms with Gasteiger partial charge in [0.25, 0.3) is 5.91 Å². The number of aryl methyl sites for hydroxylation is 1. The zero-order valence-corrected chi connectivity index (χ0v) is 12.5. The molecule has 1 amide bonds. The van der Waals surface area contributed by atoms with Crippen LogP contribution in [0.1, 0.15) is 21.5 Å². The molecule has 3 aromatic rings. The fourth-order valence-corrected chi connectivity index (χ4v) is 2.30. The Kier molecular flexibility index (Phi) is 4.05. The van der Waals surface area contributed by atoms with Gasteiger partial charge in [-0.25, -0.2) is 0 Å². The third-order valence-corrected chi connectivity index (χ3v) is 3.58. The summed E-state index contributed by atoms with van der Waals surface area (Å²) in [4.78, 5) is 12.3. The number of hydrogen-bond acceptors (Lipinski definition) is 1. The van der Waals surface area contributed by atoms with Gasteiger partial charge in [0.15, 0.2) is 0 Å². The van der Waals surface area contributed by atoms with E-state index in [1.807, 2.05) is 77.6 Å². The van der Waals surface area contributed by atoms with Crippen LogP contribution < -0.4 is 5.32 Å². The zero-order valence-electron chi connectivity index (χ0n) is 12.5. The summed E-state index contributed by atoms with van der Waals surface area (Å²) in [7, 11) is 0. The van der Waals surface area contributed by atoms with Gasteiger partial charge in [0.05, 0.1) is 0 Å². The average molecular weight is 290 g/mol. The summed E-state index contributed by atoms with van der Waals surface area (Å²) < 4.78 is 1.98. The number of rotatable bonds is 4. The van der Waals surface area contributed by atoms with Crippen molar-refractivity contribution in [3.05, 3.63) is 89.7 Å². The number of nitrogens with zero attached hydrogens (tertiary/aromatic N) is 1. The quantitative estimate of drug-likeness (QED) is 0.780. The summed E-state index contributed by atoms with van der Waals surface area (Å²) in [5.41, 5.74) is 3.96. The van der Waals surface area contributed by atoms with Crippen molar-refractivity contribution >= 4 is 5.91 Å². The molecule has 0 fully saturated rings. The van der Waals surface area contributed by atoms with Crippen molar-refractivity contribution in [2.75, 3.05) is 0 Å². The van der Waals surface area contributed by atoms with E-state index in [1.165, 1.54) is 5.56 Å². The molecule has 0 saturated heterocycles. The molecule has 0 spiro atoms. The monoisotopic (exact) mass is 290 g/mol. The number of benzene rings is 2. The zero-order chi connectivity index (χ0) is 15.4. The lowest BCUT2D eigenvalue weighted by atomic mass is 10.1. The predicted molar refractivity (Wildman–Crippen MR) is 88.1 cm³/mol. The summed E-state index contributed by atoms with van der Waals surface area (Å²) in [6.07, 6.45) is 3.92. The molecule has 0 unspecified atom stereocenters. The van der Waals surface area contributed by atoms with E-state index in [9.17, 15) is 4.79 Å². The molecule has 0 radical (unpaired) electrons. The number of nitrogens with one attached hydrogen (secondary N) is 1. The molecule has 1 heterocycles. The van der Waals surface area contributed by atoms with Crippen LogP contribution in [0.5, 0.6) is 0 Å². The highest BCUT2D eigenvalue weighted by Gasteiger charge is 2.06. The van der Waals surface area contributed by atoms with Crippen LogP contribution in [0.25, 0.3) is 5.69 Å². The fourth-order valence-electron chi connectivity index (χ4n) is 2.30. The van der Waals surface area contributed by atoms with Gasteiger partial charge in [0.1, 0.15) is 0 Å².